The van der Waals surface area contributed by atoms with Crippen molar-refractivity contribution in [3.63, 3.8) is 0 Å². The first kappa shape index (κ1) is 130. The minimum Gasteiger partial charge on any atom is -0.508 e. The number of amidine groups is 1. The minimum absolute atomic E-state index is 0. The van der Waals surface area contributed by atoms with Crippen LogP contribution in [-0.4, -0.2) is 253 Å². The molecule has 0 saturated carbocycles. The number of phenolic OH excluding ortho intramolecular Hbond substituents is 2. The van der Waals surface area contributed by atoms with Gasteiger partial charge in [0, 0.05) is 83.1 Å². The zero-order chi connectivity index (χ0) is 107. The average molecular weight is 2340 g/mol. The zero-order valence-corrected chi connectivity index (χ0v) is 92.9. The fourth-order valence-corrected chi connectivity index (χ4v) is 12.8. The van der Waals surface area contributed by atoms with Crippen molar-refractivity contribution < 1.29 is 72.6 Å². The van der Waals surface area contributed by atoms with Crippen LogP contribution in [-0.2, 0) is 36.8 Å². The second-order valence-electron chi connectivity index (χ2n) is 31.2. The first-order valence-corrected chi connectivity index (χ1v) is 48.4. The van der Waals surface area contributed by atoms with Crippen LogP contribution in [0.4, 0.5) is 23.3 Å². The molecule has 13 rings (SSSR count). The van der Waals surface area contributed by atoms with Gasteiger partial charge in [-0.15, -0.1) is 41.0 Å². The standard InChI is InChI=1S/C20H20N2O3S.C19H25ClN8O2S.C17H15NO3.C13H20N2OS.C10H15NO.C8H4O3.C7H9ClN6OS.C3H6ClNS.CH5N.CH4O.BrH.HI/c1-21(2)20(26)25-15-11-9-14(10-12-15)6-5-13-22-18(23)16-7-3-4-8-17(16)19(22)24;1-28(2)19(31)30-12-8-6-11(7-9-12)5-3-4-10-24-18(23)27-17(29)13-15(21)26-16(22)14(20)25-13;19-13-9-7-12(8-10-13)4-3-11-18-16(20)14-5-1-2-6-15(14)17(18)21;1-15(2)13(17)16-12-8-6-11(7-9-12)5-3-4-10-14;11-8-2-1-3-9-4-6-10(12)7-5-9;9-7-5-3-1-2-4-6(5)8(10)11-7;1-16-7(11)14-6(15)2-4(9)13-5(10)3(8)12-2;1-5(2)3(4)6;2*1-2;;/h3-4,7-12H,5-6,13H2,1-2H3;6-9H,3-5,10H2,1-2H3,(H4,21,22,26)(H3,23,24,27,29);1-2,5-10,19H,3-4,11H2;6-9H,3-5,10,14H2,1-2H3;4-7,12H,1-3,8,11H2;1-4H;1H3,(H4,9,10,13)(H2,11,14,15);1-2H3;2H2,1H3;2H,1H3;2*1H. The molecule has 10 aromatic rings. The number of nitrogens with two attached hydrogens (primary N) is 8. The molecule has 5 heterocycles. The van der Waals surface area contributed by atoms with E-state index in [1.807, 2.05) is 127 Å². The lowest BCUT2D eigenvalue weighted by Gasteiger charge is -2.15. The van der Waals surface area contributed by atoms with Crippen LogP contribution in [0.25, 0.3) is 0 Å². The lowest BCUT2D eigenvalue weighted by atomic mass is 10.1. The van der Waals surface area contributed by atoms with Crippen LogP contribution in [0.15, 0.2) is 199 Å². The fraction of sp³-hybridized carbons (Fsp3) is 0.293. The highest BCUT2D eigenvalue weighted by atomic mass is 127. The summed E-state index contributed by atoms with van der Waals surface area (Å²) in [6, 6.07) is 58.2. The zero-order valence-electron chi connectivity index (χ0n) is 82.5. The first-order valence-electron chi connectivity index (χ1n) is 44.4. The largest absolute Gasteiger partial charge is 0.508 e. The summed E-state index contributed by atoms with van der Waals surface area (Å²) in [6.07, 6.45) is 13.7. The number of aliphatic hydroxyl groups is 1. The van der Waals surface area contributed by atoms with Gasteiger partial charge in [-0.05, 0) is 284 Å². The molecule has 0 spiro atoms. The molecule has 3 aliphatic heterocycles. The summed E-state index contributed by atoms with van der Waals surface area (Å²) in [5.41, 5.74) is 51.3. The number of cyclic esters (lactones) is 2. The summed E-state index contributed by atoms with van der Waals surface area (Å²) in [7, 11) is 17.1. The van der Waals surface area contributed by atoms with E-state index in [1.54, 1.807) is 137 Å². The second kappa shape index (κ2) is 69.5. The van der Waals surface area contributed by atoms with Crippen molar-refractivity contribution in [3.05, 3.63) is 277 Å². The van der Waals surface area contributed by atoms with Crippen LogP contribution in [0.1, 0.15) is 162 Å². The van der Waals surface area contributed by atoms with Gasteiger partial charge in [-0.1, -0.05) is 144 Å². The quantitative estimate of drug-likeness (QED) is 0.00229. The second-order valence-corrected chi connectivity index (χ2v) is 34.7. The maximum Gasteiger partial charge on any atom is 0.346 e. The number of imide groups is 2. The molecule has 0 unspecified atom stereocenters. The monoisotopic (exact) mass is 2330 g/mol. The number of unbranched alkanes of at least 4 members (excludes halogenated alkanes) is 3. The SMILES string of the molecule is Br.CN.CN(C)C(=S)Cl.CN(C)C(=S)Oc1ccc(CCCCN)cc1.CN(C)C(=S)Oc1ccc(CCCCN=C(N)NC(=O)c2nc(Cl)c(N)nc2N)cc1.CN(C)C(=S)Oc1ccc(CCCN2C(=O)c3ccccc3C2=O)cc1.CO.CSC(=N)NC(=O)c1nc(Cl)c(N)nc1N.I.NCCCCc1ccc(O)cc1.O=C1OC(=O)c2ccccc21.O=C1c2ccccc2C(=O)N1CCCc1ccc(O)cc1. The number of hydrogen-bond donors (Lipinski definition) is 14. The molecule has 0 fully saturated rings. The number of aryl methyl sites for hydroxylation is 5. The molecule has 22 N–H and O–H groups in total. The number of ether oxygens (including phenoxy) is 4. The van der Waals surface area contributed by atoms with Crippen molar-refractivity contribution in [1.29, 1.82) is 5.41 Å². The molecule has 2 aromatic heterocycles. The van der Waals surface area contributed by atoms with Gasteiger partial charge in [0.15, 0.2) is 60.5 Å². The van der Waals surface area contributed by atoms with Crippen LogP contribution >= 0.6 is 136 Å². The number of esters is 2. The van der Waals surface area contributed by atoms with Gasteiger partial charge in [-0.2, -0.15) is 0 Å². The molecule has 47 heteroatoms. The maximum atomic E-state index is 12.3. The number of phenols is 2. The lowest BCUT2D eigenvalue weighted by Crippen LogP contribution is -2.38. The van der Waals surface area contributed by atoms with Gasteiger partial charge in [0.1, 0.15) is 28.7 Å². The lowest BCUT2D eigenvalue weighted by molar-refractivity contribution is 0.0440. The molecule has 0 bridgehead atoms. The van der Waals surface area contributed by atoms with Gasteiger partial charge < -0.3 is 105 Å². The van der Waals surface area contributed by atoms with Crippen molar-refractivity contribution >= 4 is 238 Å². The van der Waals surface area contributed by atoms with Gasteiger partial charge in [0.2, 0.25) is 0 Å². The molecule has 0 radical (unpaired) electrons. The minimum atomic E-state index is -0.663. The van der Waals surface area contributed by atoms with E-state index in [1.165, 1.54) is 33.5 Å². The first-order chi connectivity index (χ1) is 68.6. The maximum absolute atomic E-state index is 12.3. The predicted octanol–water partition coefficient (Wildman–Crippen LogP) is 14.0. The van der Waals surface area contributed by atoms with Crippen LogP contribution < -0.4 is 70.7 Å². The number of aliphatic imine (C=N–C) groups is 1. The Labute approximate surface area is 918 Å². The van der Waals surface area contributed by atoms with Gasteiger partial charge in [-0.3, -0.25) is 54.3 Å². The molecule has 0 saturated heterocycles. The number of guanidine groups is 1. The topological polar surface area (TPSA) is 574 Å². The summed E-state index contributed by atoms with van der Waals surface area (Å²) in [4.78, 5) is 123. The molecule has 6 amide bonds. The van der Waals surface area contributed by atoms with Crippen LogP contribution in [0.3, 0.4) is 0 Å². The van der Waals surface area contributed by atoms with Crippen molar-refractivity contribution in [2.75, 3.05) is 132 Å². The van der Waals surface area contributed by atoms with E-state index < -0.39 is 23.8 Å². The van der Waals surface area contributed by atoms with E-state index in [0.29, 0.717) is 103 Å². The molecule has 786 valence electrons. The van der Waals surface area contributed by atoms with E-state index >= 15 is 0 Å². The Hall–Kier alpha value is -12.6. The molecular weight excluding hydrogens is 2210 g/mol. The third kappa shape index (κ3) is 45.2. The highest BCUT2D eigenvalue weighted by Gasteiger charge is 2.36. The predicted molar refractivity (Wildman–Crippen MR) is 610 cm³/mol. The number of carbonyl (C=O) groups is 8. The Morgan fingerprint density at radius 1 is 0.438 bits per heavy atom. The highest BCUT2D eigenvalue weighted by molar-refractivity contribution is 14.0. The van der Waals surface area contributed by atoms with Crippen molar-refractivity contribution in [3.8, 4) is 28.7 Å². The molecule has 0 atom stereocenters. The number of fused-ring (bicyclic) bond motifs is 3. The number of amides is 6. The molecule has 0 aliphatic carbocycles. The Kier molecular flexibility index (Phi) is 61.7. The third-order valence-electron chi connectivity index (χ3n) is 19.6. The molecule has 146 heavy (non-hydrogen) atoms. The van der Waals surface area contributed by atoms with Crippen LogP contribution in [0, 0.1) is 5.41 Å². The number of anilines is 4. The van der Waals surface area contributed by atoms with Crippen molar-refractivity contribution in [2.24, 2.45) is 27.9 Å². The third-order valence-corrected chi connectivity index (χ3v) is 22.7. The van der Waals surface area contributed by atoms with Crippen LogP contribution in [0.5, 0.6) is 28.7 Å². The van der Waals surface area contributed by atoms with Gasteiger partial charge in [-0.25, -0.2) is 29.5 Å². The van der Waals surface area contributed by atoms with Crippen molar-refractivity contribution in [1.82, 2.24) is 60.0 Å². The number of aromatic nitrogens is 4. The van der Waals surface area contributed by atoms with Gasteiger partial charge in [0.05, 0.1) is 33.4 Å². The smallest absolute Gasteiger partial charge is 0.346 e. The van der Waals surface area contributed by atoms with E-state index in [4.69, 9.17) is 141 Å². The van der Waals surface area contributed by atoms with E-state index in [9.17, 15) is 43.5 Å². The Morgan fingerprint density at radius 2 is 0.705 bits per heavy atom. The number of rotatable bonds is 26. The number of nitrogens with one attached hydrogen (secondary N) is 3. The van der Waals surface area contributed by atoms with Crippen LogP contribution in [0.2, 0.25) is 10.3 Å². The molecular formula is C99H125BrCl3IN22O15S5. The number of nitrogens with zero attached hydrogens (tertiary/aromatic N) is 11. The van der Waals surface area contributed by atoms with Crippen molar-refractivity contribution in [2.45, 2.75) is 83.5 Å². The Balaban J connectivity index is 0.000000577. The van der Waals surface area contributed by atoms with Gasteiger partial charge in [0.25, 0.3) is 51.0 Å². The normalized spacial score (nSPS) is 11.2. The van der Waals surface area contributed by atoms with E-state index in [0.717, 1.165) is 119 Å². The Bertz CT molecular complexity index is 5880. The number of thioether (sulfide) groups is 1. The summed E-state index contributed by atoms with van der Waals surface area (Å²) in [5, 5.41) is 38.2. The molecule has 3 aliphatic rings. The summed E-state index contributed by atoms with van der Waals surface area (Å²) < 4.78 is 21.3. The number of carbonyl (C=O) groups excluding carboxylic acids is 8. The summed E-state index contributed by atoms with van der Waals surface area (Å²) in [6.45, 7) is 2.80. The number of nitrogen functional groups attached to an aromatic ring is 4. The average Bonchev–Trinajstić information content (AvgIpc) is 1.64. The number of aliphatic hydroxyl groups excluding tert-OH is 1. The molecule has 8 aromatic carbocycles. The summed E-state index contributed by atoms with van der Waals surface area (Å²) in [5.74, 6) is -0.920. The van der Waals surface area contributed by atoms with E-state index in [-0.39, 0.29) is 126 Å². The fourth-order valence-electron chi connectivity index (χ4n) is 12.1. The molecule has 37 nitrogen and oxygen atoms in total. The number of thiocarbonyl (C=S) groups is 4. The number of hydrogen-bond acceptors (Lipinski definition) is 33. The van der Waals surface area contributed by atoms with E-state index in [2.05, 4.69) is 70.4 Å². The highest BCUT2D eigenvalue weighted by Crippen LogP contribution is 2.28. The summed E-state index contributed by atoms with van der Waals surface area (Å²) >= 11 is 37.5. The number of aromatic hydroxyl groups is 2. The van der Waals surface area contributed by atoms with Gasteiger partial charge >= 0.3 is 11.9 Å². The number of halogens is 5. The Morgan fingerprint density at radius 3 is 0.979 bits per heavy atom. The number of benzene rings is 8.